The molecule has 0 aliphatic rings. The van der Waals surface area contributed by atoms with Crippen LogP contribution in [0.15, 0.2) is 71.6 Å². The Balaban J connectivity index is 1.69. The number of ether oxygens (including phenoxy) is 1. The van der Waals surface area contributed by atoms with Crippen molar-refractivity contribution in [1.82, 2.24) is 5.32 Å². The van der Waals surface area contributed by atoms with Gasteiger partial charge in [0.2, 0.25) is 0 Å². The second kappa shape index (κ2) is 9.67. The van der Waals surface area contributed by atoms with E-state index in [0.29, 0.717) is 23.4 Å². The van der Waals surface area contributed by atoms with Crippen molar-refractivity contribution in [3.63, 3.8) is 0 Å². The molecule has 0 aromatic heterocycles. The number of anilines is 1. The van der Waals surface area contributed by atoms with Gasteiger partial charge in [0.25, 0.3) is 15.9 Å². The Bertz CT molecular complexity index is 1230. The molecule has 1 amide bonds. The van der Waals surface area contributed by atoms with Crippen LogP contribution in [0.3, 0.4) is 0 Å². The maximum Gasteiger partial charge on any atom is 0.262 e. The number of aryl methyl sites for hydroxylation is 1. The van der Waals surface area contributed by atoms with Crippen molar-refractivity contribution in [1.29, 1.82) is 0 Å². The van der Waals surface area contributed by atoms with Crippen LogP contribution in [0.25, 0.3) is 0 Å². The Hall–Kier alpha value is -3.32. The number of carbonyl (C=O) groups is 1. The zero-order chi connectivity index (χ0) is 24.2. The normalized spacial score (nSPS) is 11.7. The number of methoxy groups -OCH3 is 1. The quantitative estimate of drug-likeness (QED) is 0.511. The van der Waals surface area contributed by atoms with E-state index in [1.807, 2.05) is 57.2 Å². The molecule has 0 aliphatic carbocycles. The minimum absolute atomic E-state index is 0.168. The van der Waals surface area contributed by atoms with E-state index in [-0.39, 0.29) is 16.2 Å². The molecule has 174 valence electrons. The van der Waals surface area contributed by atoms with E-state index >= 15 is 0 Å². The summed E-state index contributed by atoms with van der Waals surface area (Å²) in [5.41, 5.74) is 3.22. The van der Waals surface area contributed by atoms with Crippen LogP contribution in [0.4, 0.5) is 5.69 Å². The second-order valence-corrected chi connectivity index (χ2v) is 10.6. The first-order valence-electron chi connectivity index (χ1n) is 10.6. The van der Waals surface area contributed by atoms with Gasteiger partial charge in [-0.05, 0) is 71.5 Å². The molecule has 3 aromatic rings. The van der Waals surface area contributed by atoms with E-state index in [1.54, 1.807) is 44.4 Å². The van der Waals surface area contributed by atoms with Crippen LogP contribution in [-0.2, 0) is 22.0 Å². The fourth-order valence-corrected chi connectivity index (χ4v) is 4.61. The first-order chi connectivity index (χ1) is 15.5. The molecule has 0 saturated carbocycles. The standard InChI is InChI=1S/C26H30N2O4S/c1-18-6-11-21(26(2,3)4)16-24(18)33(30,31)28-22-12-9-20(10-13-22)25(29)27-17-19-7-14-23(32-5)15-8-19/h6-16,28H,17H2,1-5H3,(H,27,29). The summed E-state index contributed by atoms with van der Waals surface area (Å²) in [6, 6.07) is 19.3. The molecule has 0 fully saturated rings. The summed E-state index contributed by atoms with van der Waals surface area (Å²) in [6.45, 7) is 8.28. The third-order valence-corrected chi connectivity index (χ3v) is 6.88. The molecule has 0 heterocycles. The lowest BCUT2D eigenvalue weighted by atomic mass is 9.87. The Labute approximate surface area is 196 Å². The Kier molecular flexibility index (Phi) is 7.12. The Morgan fingerprint density at radius 2 is 1.58 bits per heavy atom. The highest BCUT2D eigenvalue weighted by atomic mass is 32.2. The van der Waals surface area contributed by atoms with Crippen LogP contribution in [0.5, 0.6) is 5.75 Å². The Morgan fingerprint density at radius 1 is 0.939 bits per heavy atom. The zero-order valence-electron chi connectivity index (χ0n) is 19.6. The maximum atomic E-state index is 13.0. The number of sulfonamides is 1. The molecule has 0 spiro atoms. The minimum Gasteiger partial charge on any atom is -0.497 e. The van der Waals surface area contributed by atoms with Crippen molar-refractivity contribution in [2.75, 3.05) is 11.8 Å². The van der Waals surface area contributed by atoms with Crippen LogP contribution in [0, 0.1) is 6.92 Å². The topological polar surface area (TPSA) is 84.5 Å². The lowest BCUT2D eigenvalue weighted by Crippen LogP contribution is -2.22. The molecule has 0 radical (unpaired) electrons. The van der Waals surface area contributed by atoms with Gasteiger partial charge in [-0.25, -0.2) is 8.42 Å². The van der Waals surface area contributed by atoms with Gasteiger partial charge in [0, 0.05) is 17.8 Å². The molecule has 6 nitrogen and oxygen atoms in total. The van der Waals surface area contributed by atoms with Crippen molar-refractivity contribution in [3.8, 4) is 5.75 Å². The number of amides is 1. The average molecular weight is 467 g/mol. The van der Waals surface area contributed by atoms with Gasteiger partial charge in [-0.15, -0.1) is 0 Å². The lowest BCUT2D eigenvalue weighted by molar-refractivity contribution is 0.0951. The first kappa shape index (κ1) is 24.3. The molecule has 3 aromatic carbocycles. The van der Waals surface area contributed by atoms with Crippen LogP contribution < -0.4 is 14.8 Å². The fraction of sp³-hybridized carbons (Fsp3) is 0.269. The van der Waals surface area contributed by atoms with Crippen LogP contribution in [0.1, 0.15) is 47.8 Å². The molecule has 33 heavy (non-hydrogen) atoms. The molecule has 3 rings (SSSR count). The molecule has 0 unspecified atom stereocenters. The molecule has 0 atom stereocenters. The predicted octanol–water partition coefficient (Wildman–Crippen LogP) is 5.03. The van der Waals surface area contributed by atoms with E-state index in [9.17, 15) is 13.2 Å². The van der Waals surface area contributed by atoms with Gasteiger partial charge in [0.1, 0.15) is 5.75 Å². The summed E-state index contributed by atoms with van der Waals surface area (Å²) in [7, 11) is -2.17. The molecule has 0 aliphatic heterocycles. The smallest absolute Gasteiger partial charge is 0.262 e. The second-order valence-electron chi connectivity index (χ2n) is 8.94. The van der Waals surface area contributed by atoms with Crippen molar-refractivity contribution >= 4 is 21.6 Å². The fourth-order valence-electron chi connectivity index (χ4n) is 3.28. The Morgan fingerprint density at radius 3 is 2.15 bits per heavy atom. The number of rotatable bonds is 7. The van der Waals surface area contributed by atoms with Gasteiger partial charge >= 0.3 is 0 Å². The SMILES string of the molecule is COc1ccc(CNC(=O)c2ccc(NS(=O)(=O)c3cc(C(C)(C)C)ccc3C)cc2)cc1. The summed E-state index contributed by atoms with van der Waals surface area (Å²) < 4.78 is 33.8. The van der Waals surface area contributed by atoms with Gasteiger partial charge in [-0.3, -0.25) is 9.52 Å². The van der Waals surface area contributed by atoms with Crippen molar-refractivity contribution in [2.24, 2.45) is 0 Å². The number of carbonyl (C=O) groups excluding carboxylic acids is 1. The molecule has 2 N–H and O–H groups in total. The van der Waals surface area contributed by atoms with Gasteiger partial charge in [-0.1, -0.05) is 45.0 Å². The van der Waals surface area contributed by atoms with Gasteiger partial charge < -0.3 is 10.1 Å². The number of nitrogens with one attached hydrogen (secondary N) is 2. The highest BCUT2D eigenvalue weighted by Gasteiger charge is 2.21. The summed E-state index contributed by atoms with van der Waals surface area (Å²) in [4.78, 5) is 12.7. The summed E-state index contributed by atoms with van der Waals surface area (Å²) >= 11 is 0. The number of hydrogen-bond acceptors (Lipinski definition) is 4. The average Bonchev–Trinajstić information content (AvgIpc) is 2.77. The van der Waals surface area contributed by atoms with Gasteiger partial charge in [0.05, 0.1) is 12.0 Å². The third-order valence-electron chi connectivity index (χ3n) is 5.36. The van der Waals surface area contributed by atoms with Crippen LogP contribution in [0.2, 0.25) is 0 Å². The summed E-state index contributed by atoms with van der Waals surface area (Å²) in [5, 5.41) is 2.86. The summed E-state index contributed by atoms with van der Waals surface area (Å²) in [6.07, 6.45) is 0. The molecule has 0 saturated heterocycles. The highest BCUT2D eigenvalue weighted by molar-refractivity contribution is 7.92. The number of hydrogen-bond donors (Lipinski definition) is 2. The molecule has 7 heteroatoms. The predicted molar refractivity (Wildman–Crippen MR) is 131 cm³/mol. The van der Waals surface area contributed by atoms with Crippen LogP contribution >= 0.6 is 0 Å². The van der Waals surface area contributed by atoms with E-state index in [2.05, 4.69) is 10.0 Å². The molecular formula is C26H30N2O4S. The van der Waals surface area contributed by atoms with E-state index < -0.39 is 10.0 Å². The minimum atomic E-state index is -3.77. The number of benzene rings is 3. The molecule has 0 bridgehead atoms. The van der Waals surface area contributed by atoms with E-state index in [4.69, 9.17) is 4.74 Å². The van der Waals surface area contributed by atoms with Crippen molar-refractivity contribution < 1.29 is 17.9 Å². The van der Waals surface area contributed by atoms with Gasteiger partial charge in [0.15, 0.2) is 0 Å². The van der Waals surface area contributed by atoms with Crippen molar-refractivity contribution in [3.05, 3.63) is 89.0 Å². The third kappa shape index (κ3) is 6.14. The van der Waals surface area contributed by atoms with Crippen LogP contribution in [-0.4, -0.2) is 21.4 Å². The monoisotopic (exact) mass is 466 g/mol. The van der Waals surface area contributed by atoms with E-state index in [1.165, 1.54) is 0 Å². The summed E-state index contributed by atoms with van der Waals surface area (Å²) in [5.74, 6) is 0.511. The lowest BCUT2D eigenvalue weighted by Gasteiger charge is -2.21. The largest absolute Gasteiger partial charge is 0.497 e. The van der Waals surface area contributed by atoms with E-state index in [0.717, 1.165) is 16.9 Å². The van der Waals surface area contributed by atoms with Gasteiger partial charge in [-0.2, -0.15) is 0 Å². The maximum absolute atomic E-state index is 13.0. The molecular weight excluding hydrogens is 436 g/mol. The zero-order valence-corrected chi connectivity index (χ0v) is 20.4. The van der Waals surface area contributed by atoms with Crippen molar-refractivity contribution in [2.45, 2.75) is 44.6 Å². The highest BCUT2D eigenvalue weighted by Crippen LogP contribution is 2.28. The first-order valence-corrected chi connectivity index (χ1v) is 12.1.